The summed E-state index contributed by atoms with van der Waals surface area (Å²) in [5, 5.41) is 0. The molecule has 0 saturated carbocycles. The van der Waals surface area contributed by atoms with Crippen molar-refractivity contribution in [2.75, 3.05) is 0 Å². The molecule has 1 unspecified atom stereocenters. The maximum absolute atomic E-state index is 11.0. The Morgan fingerprint density at radius 2 is 1.09 bits per heavy atom. The Hall–Kier alpha value is -0.730. The molecule has 0 aliphatic carbocycles. The molecule has 3 heteroatoms. The van der Waals surface area contributed by atoms with Gasteiger partial charge < -0.3 is 10.5 Å². The number of hydrogen-bond donors (Lipinski definition) is 1. The molecule has 0 heterocycles. The van der Waals surface area contributed by atoms with E-state index < -0.39 is 6.09 Å². The topological polar surface area (TPSA) is 52.3 Å². The number of carbonyl (C=O) groups is 1. The molecule has 0 rings (SSSR count). The first-order valence-corrected chi connectivity index (χ1v) is 9.66. The quantitative estimate of drug-likeness (QED) is 0.338. The van der Waals surface area contributed by atoms with Crippen LogP contribution in [0, 0.1) is 0 Å². The van der Waals surface area contributed by atoms with Gasteiger partial charge >= 0.3 is 6.09 Å². The normalized spacial score (nSPS) is 12.3. The molecule has 1 amide bonds. The van der Waals surface area contributed by atoms with Gasteiger partial charge in [-0.05, 0) is 25.7 Å². The minimum Gasteiger partial charge on any atom is -0.446 e. The Morgan fingerprint density at radius 1 is 0.727 bits per heavy atom. The van der Waals surface area contributed by atoms with Crippen LogP contribution in [0.3, 0.4) is 0 Å². The van der Waals surface area contributed by atoms with E-state index in [9.17, 15) is 4.79 Å². The maximum atomic E-state index is 11.0. The van der Waals surface area contributed by atoms with E-state index in [-0.39, 0.29) is 6.10 Å². The summed E-state index contributed by atoms with van der Waals surface area (Å²) >= 11 is 0. The molecule has 1 atom stereocenters. The first-order valence-electron chi connectivity index (χ1n) is 9.66. The Balaban J connectivity index is 3.63. The van der Waals surface area contributed by atoms with Crippen molar-refractivity contribution in [2.45, 2.75) is 116 Å². The lowest BCUT2D eigenvalue weighted by molar-refractivity contribution is 0.0922. The summed E-state index contributed by atoms with van der Waals surface area (Å²) < 4.78 is 5.26. The van der Waals surface area contributed by atoms with E-state index in [0.717, 1.165) is 25.7 Å². The van der Waals surface area contributed by atoms with Crippen LogP contribution in [0.4, 0.5) is 4.79 Å². The minimum atomic E-state index is -0.612. The van der Waals surface area contributed by atoms with E-state index in [0.29, 0.717) is 0 Å². The molecule has 0 fully saturated rings. The fourth-order valence-electron chi connectivity index (χ4n) is 2.91. The molecule has 3 nitrogen and oxygen atoms in total. The van der Waals surface area contributed by atoms with Gasteiger partial charge in [0.1, 0.15) is 6.10 Å². The molecule has 0 aromatic carbocycles. The van der Waals surface area contributed by atoms with Crippen molar-refractivity contribution in [3.8, 4) is 0 Å². The van der Waals surface area contributed by atoms with Gasteiger partial charge in [0.2, 0.25) is 0 Å². The summed E-state index contributed by atoms with van der Waals surface area (Å²) in [4.78, 5) is 11.0. The predicted octanol–water partition coefficient (Wildman–Crippen LogP) is 6.34. The molecule has 132 valence electrons. The van der Waals surface area contributed by atoms with Crippen LogP contribution in [0.25, 0.3) is 0 Å². The average Bonchev–Trinajstić information content (AvgIpc) is 2.49. The molecule has 0 aromatic rings. The highest BCUT2D eigenvalue weighted by molar-refractivity contribution is 5.64. The number of ether oxygens (including phenoxy) is 1. The minimum absolute atomic E-state index is 0.0410. The second-order valence-electron chi connectivity index (χ2n) is 6.53. The summed E-state index contributed by atoms with van der Waals surface area (Å²) in [7, 11) is 0. The van der Waals surface area contributed by atoms with Gasteiger partial charge in [-0.15, -0.1) is 0 Å². The monoisotopic (exact) mass is 313 g/mol. The van der Waals surface area contributed by atoms with Crippen molar-refractivity contribution < 1.29 is 9.53 Å². The van der Waals surface area contributed by atoms with E-state index in [1.807, 2.05) is 0 Å². The summed E-state index contributed by atoms with van der Waals surface area (Å²) in [6, 6.07) is 0. The van der Waals surface area contributed by atoms with E-state index in [4.69, 9.17) is 10.5 Å². The summed E-state index contributed by atoms with van der Waals surface area (Å²) in [6.07, 6.45) is 18.1. The first-order chi connectivity index (χ1) is 10.7. The standard InChI is InChI=1S/C19H39NO2/c1-3-5-7-9-11-13-15-17-18(22-19(20)21)16-14-12-10-8-6-4-2/h18H,3-17H2,1-2H3,(H2,20,21). The van der Waals surface area contributed by atoms with Gasteiger partial charge in [0.05, 0.1) is 0 Å². The van der Waals surface area contributed by atoms with Crippen LogP contribution in [-0.2, 0) is 4.74 Å². The summed E-state index contributed by atoms with van der Waals surface area (Å²) in [5.41, 5.74) is 5.19. The average molecular weight is 314 g/mol. The molecule has 0 saturated heterocycles. The SMILES string of the molecule is CCCCCCCCCC(CCCCCCCC)OC(N)=O. The zero-order valence-electron chi connectivity index (χ0n) is 15.1. The number of primary amides is 1. The Labute approximate surface area is 138 Å². The first kappa shape index (κ1) is 21.3. The maximum Gasteiger partial charge on any atom is 0.404 e. The number of unbranched alkanes of at least 4 members (excludes halogenated alkanes) is 11. The Kier molecular flexibility index (Phi) is 16.1. The summed E-state index contributed by atoms with van der Waals surface area (Å²) in [5.74, 6) is 0. The van der Waals surface area contributed by atoms with Crippen LogP contribution in [0.15, 0.2) is 0 Å². The number of hydrogen-bond acceptors (Lipinski definition) is 2. The molecule has 0 bridgehead atoms. The van der Waals surface area contributed by atoms with Crippen molar-refractivity contribution in [2.24, 2.45) is 5.73 Å². The van der Waals surface area contributed by atoms with Crippen molar-refractivity contribution >= 4 is 6.09 Å². The molecule has 22 heavy (non-hydrogen) atoms. The zero-order chi connectivity index (χ0) is 16.5. The zero-order valence-corrected chi connectivity index (χ0v) is 15.1. The fraction of sp³-hybridized carbons (Fsp3) is 0.947. The van der Waals surface area contributed by atoms with Crippen LogP contribution in [0.5, 0.6) is 0 Å². The van der Waals surface area contributed by atoms with Crippen LogP contribution in [0.1, 0.15) is 110 Å². The summed E-state index contributed by atoms with van der Waals surface area (Å²) in [6.45, 7) is 4.48. The van der Waals surface area contributed by atoms with E-state index in [2.05, 4.69) is 13.8 Å². The number of carbonyl (C=O) groups excluding carboxylic acids is 1. The third-order valence-corrected chi connectivity index (χ3v) is 4.29. The van der Waals surface area contributed by atoms with Gasteiger partial charge in [0.25, 0.3) is 0 Å². The highest BCUT2D eigenvalue weighted by atomic mass is 16.6. The van der Waals surface area contributed by atoms with Gasteiger partial charge in [-0.25, -0.2) is 4.79 Å². The Morgan fingerprint density at radius 3 is 1.45 bits per heavy atom. The van der Waals surface area contributed by atoms with Gasteiger partial charge in [-0.1, -0.05) is 84.5 Å². The number of nitrogens with two attached hydrogens (primary N) is 1. The second-order valence-corrected chi connectivity index (χ2v) is 6.53. The number of rotatable bonds is 16. The van der Waals surface area contributed by atoms with E-state index in [1.165, 1.54) is 70.6 Å². The number of amides is 1. The lowest BCUT2D eigenvalue weighted by atomic mass is 10.0. The second kappa shape index (κ2) is 16.6. The molecule has 0 spiro atoms. The van der Waals surface area contributed by atoms with Crippen LogP contribution < -0.4 is 5.73 Å². The van der Waals surface area contributed by atoms with Crippen molar-refractivity contribution in [3.63, 3.8) is 0 Å². The third-order valence-electron chi connectivity index (χ3n) is 4.29. The lowest BCUT2D eigenvalue weighted by Crippen LogP contribution is -2.22. The smallest absolute Gasteiger partial charge is 0.404 e. The van der Waals surface area contributed by atoms with E-state index in [1.54, 1.807) is 0 Å². The molecule has 0 radical (unpaired) electrons. The molecule has 2 N–H and O–H groups in total. The van der Waals surface area contributed by atoms with Crippen LogP contribution in [-0.4, -0.2) is 12.2 Å². The fourth-order valence-corrected chi connectivity index (χ4v) is 2.91. The third kappa shape index (κ3) is 15.7. The lowest BCUT2D eigenvalue weighted by Gasteiger charge is -2.16. The predicted molar refractivity (Wildman–Crippen MR) is 95.1 cm³/mol. The molecular formula is C19H39NO2. The van der Waals surface area contributed by atoms with Crippen molar-refractivity contribution in [3.05, 3.63) is 0 Å². The largest absolute Gasteiger partial charge is 0.446 e. The van der Waals surface area contributed by atoms with Crippen LogP contribution >= 0.6 is 0 Å². The molecular weight excluding hydrogens is 274 g/mol. The van der Waals surface area contributed by atoms with Crippen LogP contribution in [0.2, 0.25) is 0 Å². The Bertz CT molecular complexity index is 244. The van der Waals surface area contributed by atoms with E-state index >= 15 is 0 Å². The van der Waals surface area contributed by atoms with Crippen molar-refractivity contribution in [1.82, 2.24) is 0 Å². The van der Waals surface area contributed by atoms with Crippen molar-refractivity contribution in [1.29, 1.82) is 0 Å². The van der Waals surface area contributed by atoms with Gasteiger partial charge in [0.15, 0.2) is 0 Å². The molecule has 0 aliphatic rings. The van der Waals surface area contributed by atoms with Gasteiger partial charge in [-0.3, -0.25) is 0 Å². The highest BCUT2D eigenvalue weighted by Crippen LogP contribution is 2.16. The highest BCUT2D eigenvalue weighted by Gasteiger charge is 2.11. The van der Waals surface area contributed by atoms with Gasteiger partial charge in [-0.2, -0.15) is 0 Å². The van der Waals surface area contributed by atoms with Gasteiger partial charge in [0, 0.05) is 0 Å². The molecule has 0 aromatic heterocycles. The molecule has 0 aliphatic heterocycles.